The molecule has 1 aliphatic heterocycles. The maximum atomic E-state index is 8.55. The van der Waals surface area contributed by atoms with Crippen molar-refractivity contribution in [2.45, 2.75) is 40.0 Å². The number of hydrogen-bond donors (Lipinski definition) is 0. The van der Waals surface area contributed by atoms with Crippen LogP contribution in [0.5, 0.6) is 0 Å². The Morgan fingerprint density at radius 3 is 2.33 bits per heavy atom. The van der Waals surface area contributed by atoms with Crippen molar-refractivity contribution in [3.63, 3.8) is 0 Å². The molecule has 0 atom stereocenters. The summed E-state index contributed by atoms with van der Waals surface area (Å²) < 4.78 is 0. The van der Waals surface area contributed by atoms with Gasteiger partial charge in [-0.15, -0.1) is 0 Å². The number of nitriles is 1. The smallest absolute Gasteiger partial charge is 0.0954 e. The molecule has 0 bridgehead atoms. The molecule has 1 saturated heterocycles. The summed E-state index contributed by atoms with van der Waals surface area (Å²) in [6.45, 7) is 8.18. The molecule has 1 heterocycles. The van der Waals surface area contributed by atoms with Crippen LogP contribution < -0.4 is 0 Å². The molecule has 3 heteroatoms. The topological polar surface area (TPSA) is 39.4 Å². The summed E-state index contributed by atoms with van der Waals surface area (Å²) >= 11 is 0. The van der Waals surface area contributed by atoms with E-state index in [1.807, 2.05) is 27.8 Å². The SMILES string of the molecule is CC.CN=C(C)N1CCC(CC#N)CC1. The minimum Gasteiger partial charge on any atom is -0.361 e. The standard InChI is InChI=1S/C10H17N3.C2H6/c1-9(12-2)13-7-4-10(3-6-11)5-8-13;1-2/h10H,3-5,7-8H2,1-2H3;1-2H3. The second-order valence-electron chi connectivity index (χ2n) is 3.56. The van der Waals surface area contributed by atoms with Gasteiger partial charge >= 0.3 is 0 Å². The van der Waals surface area contributed by atoms with Gasteiger partial charge in [0.2, 0.25) is 0 Å². The third-order valence-corrected chi connectivity index (χ3v) is 2.78. The van der Waals surface area contributed by atoms with Crippen LogP contribution in [0.4, 0.5) is 0 Å². The van der Waals surface area contributed by atoms with E-state index in [-0.39, 0.29) is 0 Å². The molecule has 0 radical (unpaired) electrons. The lowest BCUT2D eigenvalue weighted by atomic mass is 9.94. The van der Waals surface area contributed by atoms with Gasteiger partial charge in [0.15, 0.2) is 0 Å². The number of nitrogens with zero attached hydrogens (tertiary/aromatic N) is 3. The molecule has 0 aromatic heterocycles. The molecule has 1 fully saturated rings. The van der Waals surface area contributed by atoms with Crippen LogP contribution in [-0.2, 0) is 0 Å². The molecule has 1 aliphatic rings. The van der Waals surface area contributed by atoms with Crippen molar-refractivity contribution >= 4 is 5.84 Å². The van der Waals surface area contributed by atoms with Gasteiger partial charge in [-0.1, -0.05) is 13.8 Å². The highest BCUT2D eigenvalue weighted by atomic mass is 15.2. The van der Waals surface area contributed by atoms with Crippen molar-refractivity contribution in [2.75, 3.05) is 20.1 Å². The van der Waals surface area contributed by atoms with Crippen molar-refractivity contribution in [1.29, 1.82) is 5.26 Å². The highest BCUT2D eigenvalue weighted by Crippen LogP contribution is 2.19. The van der Waals surface area contributed by atoms with Gasteiger partial charge in [-0.3, -0.25) is 4.99 Å². The van der Waals surface area contributed by atoms with Crippen LogP contribution in [0.1, 0.15) is 40.0 Å². The number of aliphatic imine (C=N–C) groups is 1. The Balaban J connectivity index is 0.000000921. The first kappa shape index (κ1) is 14.0. The number of rotatable bonds is 1. The maximum absolute atomic E-state index is 8.55. The van der Waals surface area contributed by atoms with Crippen molar-refractivity contribution in [3.8, 4) is 6.07 Å². The van der Waals surface area contributed by atoms with E-state index in [1.54, 1.807) is 0 Å². The van der Waals surface area contributed by atoms with Gasteiger partial charge in [0.1, 0.15) is 0 Å². The highest BCUT2D eigenvalue weighted by molar-refractivity contribution is 5.79. The Kier molecular flexibility index (Phi) is 7.71. The molecule has 3 nitrogen and oxygen atoms in total. The Hall–Kier alpha value is -1.04. The first-order valence-electron chi connectivity index (χ1n) is 5.83. The van der Waals surface area contributed by atoms with Crippen molar-refractivity contribution in [2.24, 2.45) is 10.9 Å². The first-order chi connectivity index (χ1) is 7.27. The van der Waals surface area contributed by atoms with Crippen molar-refractivity contribution in [1.82, 2.24) is 4.90 Å². The molecule has 1 rings (SSSR count). The Labute approximate surface area is 93.8 Å². The molecule has 0 aliphatic carbocycles. The van der Waals surface area contributed by atoms with Gasteiger partial charge in [-0.25, -0.2) is 0 Å². The van der Waals surface area contributed by atoms with E-state index in [9.17, 15) is 0 Å². The van der Waals surface area contributed by atoms with Gasteiger partial charge in [0.05, 0.1) is 11.9 Å². The Morgan fingerprint density at radius 1 is 1.40 bits per heavy atom. The van der Waals surface area contributed by atoms with Crippen LogP contribution in [0.3, 0.4) is 0 Å². The van der Waals surface area contributed by atoms with E-state index >= 15 is 0 Å². The minimum atomic E-state index is 0.617. The zero-order valence-electron chi connectivity index (χ0n) is 10.5. The summed E-state index contributed by atoms with van der Waals surface area (Å²) in [5, 5.41) is 8.55. The summed E-state index contributed by atoms with van der Waals surface area (Å²) in [6.07, 6.45) is 3.00. The largest absolute Gasteiger partial charge is 0.361 e. The van der Waals surface area contributed by atoms with Crippen LogP contribution >= 0.6 is 0 Å². The van der Waals surface area contributed by atoms with E-state index in [1.165, 1.54) is 0 Å². The lowest BCUT2D eigenvalue weighted by Crippen LogP contribution is -2.37. The molecule has 0 amide bonds. The molecule has 15 heavy (non-hydrogen) atoms. The molecule has 0 aromatic carbocycles. The van der Waals surface area contributed by atoms with Gasteiger partial charge < -0.3 is 4.90 Å². The molecule has 0 aromatic rings. The van der Waals surface area contributed by atoms with Crippen molar-refractivity contribution < 1.29 is 0 Å². The van der Waals surface area contributed by atoms with E-state index < -0.39 is 0 Å². The summed E-state index contributed by atoms with van der Waals surface area (Å²) in [7, 11) is 1.83. The second-order valence-corrected chi connectivity index (χ2v) is 3.56. The predicted octanol–water partition coefficient (Wildman–Crippen LogP) is 2.69. The molecule has 0 saturated carbocycles. The number of amidine groups is 1. The molecule has 0 N–H and O–H groups in total. The third kappa shape index (κ3) is 4.83. The van der Waals surface area contributed by atoms with E-state index in [0.29, 0.717) is 5.92 Å². The summed E-state index contributed by atoms with van der Waals surface area (Å²) in [5.74, 6) is 1.74. The lowest BCUT2D eigenvalue weighted by Gasteiger charge is -2.32. The number of likely N-dealkylation sites (tertiary alicyclic amines) is 1. The number of hydrogen-bond acceptors (Lipinski definition) is 2. The normalized spacial score (nSPS) is 17.8. The second kappa shape index (κ2) is 8.28. The van der Waals surface area contributed by atoms with Crippen LogP contribution in [0.2, 0.25) is 0 Å². The Morgan fingerprint density at radius 2 is 1.93 bits per heavy atom. The van der Waals surface area contributed by atoms with Gasteiger partial charge in [-0.05, 0) is 25.7 Å². The van der Waals surface area contributed by atoms with Crippen LogP contribution in [-0.4, -0.2) is 30.9 Å². The summed E-state index contributed by atoms with van der Waals surface area (Å²) in [4.78, 5) is 6.46. The third-order valence-electron chi connectivity index (χ3n) is 2.78. The van der Waals surface area contributed by atoms with Crippen LogP contribution in [0.25, 0.3) is 0 Å². The lowest BCUT2D eigenvalue weighted by molar-refractivity contribution is 0.268. The van der Waals surface area contributed by atoms with E-state index in [4.69, 9.17) is 5.26 Å². The highest BCUT2D eigenvalue weighted by Gasteiger charge is 2.18. The molecule has 0 spiro atoms. The van der Waals surface area contributed by atoms with E-state index in [0.717, 1.165) is 38.2 Å². The first-order valence-corrected chi connectivity index (χ1v) is 5.83. The quantitative estimate of drug-likeness (QED) is 0.492. The number of piperidine rings is 1. The molecular formula is C12H23N3. The molecule has 86 valence electrons. The average Bonchev–Trinajstić information content (AvgIpc) is 2.32. The van der Waals surface area contributed by atoms with Crippen LogP contribution in [0.15, 0.2) is 4.99 Å². The maximum Gasteiger partial charge on any atom is 0.0954 e. The zero-order chi connectivity index (χ0) is 11.7. The summed E-state index contributed by atoms with van der Waals surface area (Å²) in [6, 6.07) is 2.25. The van der Waals surface area contributed by atoms with Crippen LogP contribution in [0, 0.1) is 17.2 Å². The fourth-order valence-electron chi connectivity index (χ4n) is 1.73. The predicted molar refractivity (Wildman–Crippen MR) is 64.9 cm³/mol. The zero-order valence-corrected chi connectivity index (χ0v) is 10.5. The van der Waals surface area contributed by atoms with Gasteiger partial charge in [-0.2, -0.15) is 5.26 Å². The Bertz CT molecular complexity index is 220. The average molecular weight is 209 g/mol. The van der Waals surface area contributed by atoms with Gasteiger partial charge in [0, 0.05) is 26.6 Å². The minimum absolute atomic E-state index is 0.617. The fourth-order valence-corrected chi connectivity index (χ4v) is 1.73. The van der Waals surface area contributed by atoms with E-state index in [2.05, 4.69) is 16.0 Å². The monoisotopic (exact) mass is 209 g/mol. The van der Waals surface area contributed by atoms with Crippen molar-refractivity contribution in [3.05, 3.63) is 0 Å². The summed E-state index contributed by atoms with van der Waals surface area (Å²) in [5.41, 5.74) is 0. The van der Waals surface area contributed by atoms with Gasteiger partial charge in [0.25, 0.3) is 0 Å². The fraction of sp³-hybridized carbons (Fsp3) is 0.833. The molecular weight excluding hydrogens is 186 g/mol. The molecule has 0 unspecified atom stereocenters.